The van der Waals surface area contributed by atoms with E-state index in [9.17, 15) is 9.59 Å². The van der Waals surface area contributed by atoms with E-state index in [1.165, 1.54) is 12.5 Å². The summed E-state index contributed by atoms with van der Waals surface area (Å²) in [6.45, 7) is 1.92. The summed E-state index contributed by atoms with van der Waals surface area (Å²) in [6, 6.07) is 7.11. The van der Waals surface area contributed by atoms with E-state index < -0.39 is 5.97 Å². The third-order valence-electron chi connectivity index (χ3n) is 4.79. The van der Waals surface area contributed by atoms with Gasteiger partial charge in [-0.15, -0.1) is 0 Å². The molecule has 6 heteroatoms. The quantitative estimate of drug-likeness (QED) is 0.581. The molecule has 0 unspecified atom stereocenters. The molecule has 1 aromatic carbocycles. The highest BCUT2D eigenvalue weighted by Gasteiger charge is 2.21. The van der Waals surface area contributed by atoms with E-state index in [-0.39, 0.29) is 34.5 Å². The Morgan fingerprint density at radius 1 is 1.32 bits per heavy atom. The third-order valence-corrected chi connectivity index (χ3v) is 4.79. The molecule has 1 saturated carbocycles. The molecule has 1 aliphatic rings. The number of rotatable bonds is 3. The second kappa shape index (κ2) is 5.88. The maximum atomic E-state index is 12.9. The highest BCUT2D eigenvalue weighted by atomic mass is 16.5. The zero-order chi connectivity index (χ0) is 17.6. The van der Waals surface area contributed by atoms with Crippen molar-refractivity contribution >= 4 is 33.9 Å². The van der Waals surface area contributed by atoms with Crippen LogP contribution < -0.4 is 11.2 Å². The molecular formula is C19H18N2O4. The van der Waals surface area contributed by atoms with Crippen molar-refractivity contribution in [2.45, 2.75) is 32.1 Å². The Balaban J connectivity index is 1.93. The molecule has 25 heavy (non-hydrogen) atoms. The summed E-state index contributed by atoms with van der Waals surface area (Å²) < 4.78 is 10.7. The van der Waals surface area contributed by atoms with Crippen LogP contribution in [-0.4, -0.2) is 17.6 Å². The lowest BCUT2D eigenvalue weighted by Crippen LogP contribution is -2.13. The molecule has 4 rings (SSSR count). The summed E-state index contributed by atoms with van der Waals surface area (Å²) in [5.41, 5.74) is 7.44. The first-order chi connectivity index (χ1) is 12.1. The summed E-state index contributed by atoms with van der Waals surface area (Å²) in [5, 5.41) is 0.730. The Labute approximate surface area is 143 Å². The van der Waals surface area contributed by atoms with Crippen LogP contribution in [0.1, 0.15) is 48.0 Å². The highest BCUT2D eigenvalue weighted by molar-refractivity contribution is 5.99. The monoisotopic (exact) mass is 338 g/mol. The van der Waals surface area contributed by atoms with Crippen molar-refractivity contribution in [3.05, 3.63) is 45.6 Å². The summed E-state index contributed by atoms with van der Waals surface area (Å²) >= 11 is 0. The smallest absolute Gasteiger partial charge is 0.341 e. The van der Waals surface area contributed by atoms with Gasteiger partial charge < -0.3 is 14.9 Å². The number of nitrogen functional groups attached to an aromatic ring is 1. The van der Waals surface area contributed by atoms with E-state index in [0.717, 1.165) is 18.4 Å². The van der Waals surface area contributed by atoms with Crippen LogP contribution in [0.15, 0.2) is 33.5 Å². The third kappa shape index (κ3) is 2.54. The van der Waals surface area contributed by atoms with Crippen molar-refractivity contribution in [2.24, 2.45) is 0 Å². The fourth-order valence-electron chi connectivity index (χ4n) is 3.18. The maximum absolute atomic E-state index is 12.9. The van der Waals surface area contributed by atoms with Crippen LogP contribution in [0.5, 0.6) is 0 Å². The van der Waals surface area contributed by atoms with E-state index in [0.29, 0.717) is 16.9 Å². The number of esters is 1. The number of hydrogen-bond acceptors (Lipinski definition) is 6. The molecule has 2 heterocycles. The van der Waals surface area contributed by atoms with Crippen LogP contribution in [0.2, 0.25) is 0 Å². The number of hydrogen-bond donors (Lipinski definition) is 1. The topological polar surface area (TPSA) is 95.4 Å². The first kappa shape index (κ1) is 15.6. The molecule has 0 saturated heterocycles. The van der Waals surface area contributed by atoms with Crippen LogP contribution in [0, 0.1) is 0 Å². The molecule has 128 valence electrons. The number of nitrogens with two attached hydrogens (primary N) is 1. The van der Waals surface area contributed by atoms with Gasteiger partial charge in [0, 0.05) is 0 Å². The van der Waals surface area contributed by atoms with Gasteiger partial charge in [-0.25, -0.2) is 4.79 Å². The zero-order valence-electron chi connectivity index (χ0n) is 13.9. The summed E-state index contributed by atoms with van der Waals surface area (Å²) in [7, 11) is 0. The zero-order valence-corrected chi connectivity index (χ0v) is 13.9. The van der Waals surface area contributed by atoms with Crippen LogP contribution in [0.4, 0.5) is 5.82 Å². The minimum absolute atomic E-state index is 0.0143. The van der Waals surface area contributed by atoms with Crippen molar-refractivity contribution in [2.75, 3.05) is 12.3 Å². The average molecular weight is 338 g/mol. The second-order valence-corrected chi connectivity index (χ2v) is 6.31. The summed E-state index contributed by atoms with van der Waals surface area (Å²) in [4.78, 5) is 29.0. The minimum atomic E-state index is -0.600. The average Bonchev–Trinajstić information content (AvgIpc) is 2.54. The lowest BCUT2D eigenvalue weighted by Gasteiger charge is -2.25. The Kier molecular flexibility index (Phi) is 3.67. The Morgan fingerprint density at radius 2 is 2.12 bits per heavy atom. The molecule has 3 aromatic rings. The number of pyridine rings is 1. The Hall–Kier alpha value is -2.89. The van der Waals surface area contributed by atoms with Crippen molar-refractivity contribution in [3.8, 4) is 0 Å². The van der Waals surface area contributed by atoms with Crippen LogP contribution >= 0.6 is 0 Å². The maximum Gasteiger partial charge on any atom is 0.341 e. The van der Waals surface area contributed by atoms with Crippen molar-refractivity contribution in [1.29, 1.82) is 0 Å². The predicted octanol–water partition coefficient (Wildman–Crippen LogP) is 3.37. The highest BCUT2D eigenvalue weighted by Crippen LogP contribution is 2.37. The van der Waals surface area contributed by atoms with Gasteiger partial charge in [-0.3, -0.25) is 4.79 Å². The molecule has 0 atom stereocenters. The van der Waals surface area contributed by atoms with Gasteiger partial charge in [-0.2, -0.15) is 4.98 Å². The van der Waals surface area contributed by atoms with Crippen molar-refractivity contribution in [1.82, 2.24) is 4.98 Å². The van der Waals surface area contributed by atoms with Gasteiger partial charge in [0.05, 0.1) is 17.4 Å². The number of carbonyl (C=O) groups is 1. The first-order valence-electron chi connectivity index (χ1n) is 8.42. The van der Waals surface area contributed by atoms with Crippen molar-refractivity contribution in [3.63, 3.8) is 0 Å². The fraction of sp³-hybridized carbons (Fsp3) is 0.316. The largest absolute Gasteiger partial charge is 0.462 e. The SMILES string of the molecule is CCOC(=O)c1cc2c(=O)c3cc(C4CCC4)ccc3oc2nc1N. The van der Waals surface area contributed by atoms with Gasteiger partial charge in [-0.1, -0.05) is 12.5 Å². The van der Waals surface area contributed by atoms with Crippen LogP contribution in [0.25, 0.3) is 22.1 Å². The Morgan fingerprint density at radius 3 is 2.80 bits per heavy atom. The number of aromatic nitrogens is 1. The molecule has 1 aliphatic carbocycles. The molecular weight excluding hydrogens is 320 g/mol. The van der Waals surface area contributed by atoms with E-state index in [4.69, 9.17) is 14.9 Å². The Bertz CT molecular complexity index is 1050. The summed E-state index contributed by atoms with van der Waals surface area (Å²) in [5.74, 6) is -0.101. The molecule has 6 nitrogen and oxygen atoms in total. The lowest BCUT2D eigenvalue weighted by molar-refractivity contribution is 0.0527. The van der Waals surface area contributed by atoms with E-state index >= 15 is 0 Å². The van der Waals surface area contributed by atoms with Crippen LogP contribution in [-0.2, 0) is 4.74 Å². The number of carbonyl (C=O) groups excluding carboxylic acids is 1. The molecule has 0 spiro atoms. The van der Waals surface area contributed by atoms with Gasteiger partial charge >= 0.3 is 5.97 Å². The number of fused-ring (bicyclic) bond motifs is 2. The predicted molar refractivity (Wildman–Crippen MR) is 94.7 cm³/mol. The lowest BCUT2D eigenvalue weighted by atomic mass is 9.80. The number of ether oxygens (including phenoxy) is 1. The van der Waals surface area contributed by atoms with Gasteiger partial charge in [0.25, 0.3) is 0 Å². The molecule has 0 amide bonds. The van der Waals surface area contributed by atoms with Gasteiger partial charge in [0.15, 0.2) is 0 Å². The molecule has 0 bridgehead atoms. The van der Waals surface area contributed by atoms with E-state index in [1.54, 1.807) is 13.0 Å². The first-order valence-corrected chi connectivity index (χ1v) is 8.42. The standard InChI is InChI=1S/C19H18N2O4/c1-2-24-19(23)14-9-13-16(22)12-8-11(10-4-3-5-10)6-7-15(12)25-18(13)21-17(14)20/h6-10H,2-5H2,1H3,(H2,20,21). The van der Waals surface area contributed by atoms with E-state index in [2.05, 4.69) is 4.98 Å². The number of nitrogens with zero attached hydrogens (tertiary/aromatic N) is 1. The summed E-state index contributed by atoms with van der Waals surface area (Å²) in [6.07, 6.45) is 3.52. The molecule has 0 aliphatic heterocycles. The number of anilines is 1. The van der Waals surface area contributed by atoms with Gasteiger partial charge in [0.1, 0.15) is 17.0 Å². The van der Waals surface area contributed by atoms with Crippen LogP contribution in [0.3, 0.4) is 0 Å². The van der Waals surface area contributed by atoms with Gasteiger partial charge in [-0.05, 0) is 49.4 Å². The fourth-order valence-corrected chi connectivity index (χ4v) is 3.18. The van der Waals surface area contributed by atoms with E-state index in [1.807, 2.05) is 12.1 Å². The number of benzene rings is 1. The van der Waals surface area contributed by atoms with Crippen molar-refractivity contribution < 1.29 is 13.9 Å². The molecule has 2 aromatic heterocycles. The minimum Gasteiger partial charge on any atom is -0.462 e. The second-order valence-electron chi connectivity index (χ2n) is 6.31. The molecule has 0 radical (unpaired) electrons. The molecule has 1 fully saturated rings. The van der Waals surface area contributed by atoms with Gasteiger partial charge in [0.2, 0.25) is 11.1 Å². The molecule has 2 N–H and O–H groups in total. The normalized spacial score (nSPS) is 14.6.